The minimum atomic E-state index is -3.76. The highest BCUT2D eigenvalue weighted by molar-refractivity contribution is 7.92. The number of rotatable bonds is 9. The summed E-state index contributed by atoms with van der Waals surface area (Å²) in [5.74, 6) is 0.431. The zero-order chi connectivity index (χ0) is 25.6. The van der Waals surface area contributed by atoms with E-state index in [0.717, 1.165) is 0 Å². The maximum Gasteiger partial charge on any atom is 0.265 e. The zero-order valence-electron chi connectivity index (χ0n) is 19.8. The van der Waals surface area contributed by atoms with Gasteiger partial charge < -0.3 is 20.1 Å². The molecule has 10 heteroatoms. The van der Waals surface area contributed by atoms with Gasteiger partial charge in [0, 0.05) is 25.3 Å². The zero-order valence-corrected chi connectivity index (χ0v) is 20.6. The summed E-state index contributed by atoms with van der Waals surface area (Å²) in [6.45, 7) is 3.02. The Hall–Kier alpha value is -4.05. The molecule has 0 aromatic heterocycles. The van der Waals surface area contributed by atoms with Gasteiger partial charge in [0.2, 0.25) is 5.91 Å². The lowest BCUT2D eigenvalue weighted by molar-refractivity contribution is -0.122. The third kappa shape index (κ3) is 6.51. The number of nitrogens with one attached hydrogen (secondary N) is 2. The molecule has 0 spiro atoms. The van der Waals surface area contributed by atoms with E-state index in [1.807, 2.05) is 0 Å². The smallest absolute Gasteiger partial charge is 0.265 e. The molecule has 184 valence electrons. The van der Waals surface area contributed by atoms with E-state index in [2.05, 4.69) is 10.6 Å². The number of methoxy groups -OCH3 is 1. The van der Waals surface area contributed by atoms with Crippen LogP contribution in [0, 0.1) is 0 Å². The minimum absolute atomic E-state index is 0.136. The van der Waals surface area contributed by atoms with Crippen molar-refractivity contribution in [2.75, 3.05) is 29.1 Å². The first-order chi connectivity index (χ1) is 16.6. The molecule has 0 saturated heterocycles. The lowest BCUT2D eigenvalue weighted by Crippen LogP contribution is -2.30. The molecule has 0 bridgehead atoms. The number of ether oxygens (including phenoxy) is 2. The van der Waals surface area contributed by atoms with Crippen LogP contribution in [0.2, 0.25) is 0 Å². The van der Waals surface area contributed by atoms with E-state index in [1.165, 1.54) is 37.5 Å². The molecule has 0 aliphatic heterocycles. The van der Waals surface area contributed by atoms with Crippen LogP contribution in [0.4, 0.5) is 17.1 Å². The Morgan fingerprint density at radius 1 is 0.829 bits per heavy atom. The second kappa shape index (κ2) is 10.9. The molecule has 0 aliphatic carbocycles. The Labute approximate surface area is 204 Å². The van der Waals surface area contributed by atoms with Crippen molar-refractivity contribution in [2.45, 2.75) is 24.8 Å². The van der Waals surface area contributed by atoms with Crippen molar-refractivity contribution < 1.29 is 27.5 Å². The number of carbonyl (C=O) groups excluding carboxylic acids is 2. The molecule has 0 fully saturated rings. The number of amides is 2. The molecule has 0 heterocycles. The number of anilines is 3. The molecule has 2 amide bonds. The standard InChI is InChI=1S/C25H27N3O6S/c1-17(25(30)27-20-7-5-19(6-8-20)26-18(2)29)34-23-11-9-21(10-12-23)28(3)35(31,32)24-15-13-22(33-4)14-16-24/h5-17H,1-4H3,(H,26,29)(H,27,30)/t17-/m1/s1. The first-order valence-electron chi connectivity index (χ1n) is 10.7. The first-order valence-corrected chi connectivity index (χ1v) is 12.1. The SMILES string of the molecule is COc1ccc(S(=O)(=O)N(C)c2ccc(O[C@H](C)C(=O)Nc3ccc(NC(C)=O)cc3)cc2)cc1. The summed E-state index contributed by atoms with van der Waals surface area (Å²) in [5.41, 5.74) is 1.61. The predicted molar refractivity (Wildman–Crippen MR) is 134 cm³/mol. The van der Waals surface area contributed by atoms with E-state index in [1.54, 1.807) is 67.6 Å². The summed E-state index contributed by atoms with van der Waals surface area (Å²) in [4.78, 5) is 23.7. The molecule has 0 radical (unpaired) electrons. The number of hydrogen-bond donors (Lipinski definition) is 2. The first kappa shape index (κ1) is 25.6. The number of benzene rings is 3. The Bertz CT molecular complexity index is 1270. The fourth-order valence-corrected chi connectivity index (χ4v) is 4.32. The highest BCUT2D eigenvalue weighted by atomic mass is 32.2. The molecule has 3 aromatic carbocycles. The molecule has 1 atom stereocenters. The van der Waals surface area contributed by atoms with Crippen molar-refractivity contribution in [1.82, 2.24) is 0 Å². The van der Waals surface area contributed by atoms with Crippen molar-refractivity contribution in [3.8, 4) is 11.5 Å². The Morgan fingerprint density at radius 3 is 1.86 bits per heavy atom. The van der Waals surface area contributed by atoms with Gasteiger partial charge in [0.25, 0.3) is 15.9 Å². The van der Waals surface area contributed by atoms with Crippen LogP contribution in [-0.2, 0) is 19.6 Å². The minimum Gasteiger partial charge on any atom is -0.497 e. The van der Waals surface area contributed by atoms with Gasteiger partial charge in [0.1, 0.15) is 11.5 Å². The Balaban J connectivity index is 1.61. The fourth-order valence-electron chi connectivity index (χ4n) is 3.12. The van der Waals surface area contributed by atoms with Gasteiger partial charge in [-0.2, -0.15) is 0 Å². The van der Waals surface area contributed by atoms with Crippen molar-refractivity contribution in [3.63, 3.8) is 0 Å². The molecule has 0 unspecified atom stereocenters. The summed E-state index contributed by atoms with van der Waals surface area (Å²) in [6.07, 6.45) is -0.809. The van der Waals surface area contributed by atoms with Crippen LogP contribution >= 0.6 is 0 Å². The summed E-state index contributed by atoms with van der Waals surface area (Å²) < 4.78 is 37.8. The number of carbonyl (C=O) groups is 2. The van der Waals surface area contributed by atoms with E-state index < -0.39 is 16.1 Å². The van der Waals surface area contributed by atoms with Crippen LogP contribution in [0.5, 0.6) is 11.5 Å². The van der Waals surface area contributed by atoms with E-state index in [9.17, 15) is 18.0 Å². The van der Waals surface area contributed by atoms with Crippen LogP contribution in [0.25, 0.3) is 0 Å². The van der Waals surface area contributed by atoms with Crippen molar-refractivity contribution in [2.24, 2.45) is 0 Å². The van der Waals surface area contributed by atoms with Gasteiger partial charge in [-0.3, -0.25) is 13.9 Å². The van der Waals surface area contributed by atoms with Crippen molar-refractivity contribution >= 4 is 38.9 Å². The molecule has 0 saturated carbocycles. The topological polar surface area (TPSA) is 114 Å². The molecule has 0 aliphatic rings. The largest absolute Gasteiger partial charge is 0.497 e. The van der Waals surface area contributed by atoms with E-state index in [-0.39, 0.29) is 16.7 Å². The number of hydrogen-bond acceptors (Lipinski definition) is 6. The molecule has 35 heavy (non-hydrogen) atoms. The molecule has 3 aromatic rings. The van der Waals surface area contributed by atoms with Gasteiger partial charge in [0.15, 0.2) is 6.10 Å². The summed E-state index contributed by atoms with van der Waals surface area (Å²) in [5, 5.41) is 5.40. The fraction of sp³-hybridized carbons (Fsp3) is 0.200. The molecule has 2 N–H and O–H groups in total. The molecular weight excluding hydrogens is 470 g/mol. The lowest BCUT2D eigenvalue weighted by Gasteiger charge is -2.20. The van der Waals surface area contributed by atoms with E-state index in [0.29, 0.717) is 28.6 Å². The second-order valence-corrected chi connectivity index (χ2v) is 9.62. The third-order valence-corrected chi connectivity index (χ3v) is 6.87. The molecule has 9 nitrogen and oxygen atoms in total. The second-order valence-electron chi connectivity index (χ2n) is 7.65. The summed E-state index contributed by atoms with van der Waals surface area (Å²) >= 11 is 0. The van der Waals surface area contributed by atoms with Gasteiger partial charge in [0.05, 0.1) is 17.7 Å². The third-order valence-electron chi connectivity index (χ3n) is 5.07. The predicted octanol–water partition coefficient (Wildman–Crippen LogP) is 3.88. The van der Waals surface area contributed by atoms with E-state index >= 15 is 0 Å². The highest BCUT2D eigenvalue weighted by Gasteiger charge is 2.22. The van der Waals surface area contributed by atoms with Gasteiger partial charge in [-0.25, -0.2) is 8.42 Å². The van der Waals surface area contributed by atoms with Gasteiger partial charge in [-0.05, 0) is 79.7 Å². The maximum atomic E-state index is 12.9. The van der Waals surface area contributed by atoms with Gasteiger partial charge >= 0.3 is 0 Å². The van der Waals surface area contributed by atoms with Crippen LogP contribution < -0.4 is 24.4 Å². The van der Waals surface area contributed by atoms with Crippen molar-refractivity contribution in [1.29, 1.82) is 0 Å². The quantitative estimate of drug-likeness (QED) is 0.464. The molecule has 3 rings (SSSR count). The summed E-state index contributed by atoms with van der Waals surface area (Å²) in [7, 11) is -0.790. The normalized spacial score (nSPS) is 11.8. The number of sulfonamides is 1. The Morgan fingerprint density at radius 2 is 1.34 bits per heavy atom. The molecular formula is C25H27N3O6S. The Kier molecular flexibility index (Phi) is 7.98. The van der Waals surface area contributed by atoms with Crippen LogP contribution in [0.3, 0.4) is 0 Å². The monoisotopic (exact) mass is 497 g/mol. The average Bonchev–Trinajstić information content (AvgIpc) is 2.85. The number of nitrogens with zero attached hydrogens (tertiary/aromatic N) is 1. The van der Waals surface area contributed by atoms with Crippen LogP contribution in [-0.4, -0.2) is 40.5 Å². The van der Waals surface area contributed by atoms with Gasteiger partial charge in [-0.15, -0.1) is 0 Å². The lowest BCUT2D eigenvalue weighted by atomic mass is 10.2. The van der Waals surface area contributed by atoms with Crippen molar-refractivity contribution in [3.05, 3.63) is 72.8 Å². The van der Waals surface area contributed by atoms with Gasteiger partial charge in [-0.1, -0.05) is 0 Å². The highest BCUT2D eigenvalue weighted by Crippen LogP contribution is 2.26. The average molecular weight is 498 g/mol. The maximum absolute atomic E-state index is 12.9. The van der Waals surface area contributed by atoms with Crippen LogP contribution in [0.1, 0.15) is 13.8 Å². The van der Waals surface area contributed by atoms with E-state index in [4.69, 9.17) is 9.47 Å². The summed E-state index contributed by atoms with van der Waals surface area (Å²) in [6, 6.07) is 19.2. The van der Waals surface area contributed by atoms with Crippen LogP contribution in [0.15, 0.2) is 77.7 Å².